The highest BCUT2D eigenvalue weighted by atomic mass is 16.5. The first-order chi connectivity index (χ1) is 13.6. The molecule has 2 aromatic rings. The summed E-state index contributed by atoms with van der Waals surface area (Å²) in [5.41, 5.74) is 1.44. The molecule has 3 atom stereocenters. The second-order valence-corrected chi connectivity index (χ2v) is 7.37. The number of anilines is 2. The Morgan fingerprint density at radius 2 is 2.14 bits per heavy atom. The van der Waals surface area contributed by atoms with E-state index in [0.717, 1.165) is 25.1 Å². The zero-order valence-corrected chi connectivity index (χ0v) is 15.9. The van der Waals surface area contributed by atoms with Crippen molar-refractivity contribution in [3.8, 4) is 0 Å². The van der Waals surface area contributed by atoms with Gasteiger partial charge in [0.25, 0.3) is 0 Å². The lowest BCUT2D eigenvalue weighted by Gasteiger charge is -2.21. The third-order valence-corrected chi connectivity index (χ3v) is 5.20. The van der Waals surface area contributed by atoms with Crippen molar-refractivity contribution < 1.29 is 14.3 Å². The van der Waals surface area contributed by atoms with Gasteiger partial charge in [-0.1, -0.05) is 18.2 Å². The number of nitrogens with zero attached hydrogens (tertiary/aromatic N) is 3. The van der Waals surface area contributed by atoms with Crippen molar-refractivity contribution in [2.45, 2.75) is 50.9 Å². The Morgan fingerprint density at radius 1 is 1.32 bits per heavy atom. The molecule has 8 heteroatoms. The van der Waals surface area contributed by atoms with Gasteiger partial charge in [-0.15, -0.1) is 0 Å². The number of urea groups is 1. The van der Waals surface area contributed by atoms with Crippen LogP contribution in [0.4, 0.5) is 16.2 Å². The summed E-state index contributed by atoms with van der Waals surface area (Å²) in [6, 6.07) is 8.59. The summed E-state index contributed by atoms with van der Waals surface area (Å²) >= 11 is 0. The second-order valence-electron chi connectivity index (χ2n) is 7.37. The van der Waals surface area contributed by atoms with Gasteiger partial charge in [-0.2, -0.15) is 5.10 Å². The molecular formula is C20H25N5O3. The quantitative estimate of drug-likeness (QED) is 0.830. The number of carbonyl (C=O) groups is 2. The van der Waals surface area contributed by atoms with Gasteiger partial charge in [-0.25, -0.2) is 4.79 Å². The van der Waals surface area contributed by atoms with Crippen LogP contribution in [-0.4, -0.2) is 46.5 Å². The molecule has 0 saturated carbocycles. The summed E-state index contributed by atoms with van der Waals surface area (Å²) in [7, 11) is 0. The Balaban J connectivity index is 1.32. The van der Waals surface area contributed by atoms with Gasteiger partial charge < -0.3 is 20.3 Å². The molecule has 0 aliphatic carbocycles. The number of aromatic nitrogens is 2. The molecule has 148 valence electrons. The van der Waals surface area contributed by atoms with Crippen molar-refractivity contribution in [2.75, 3.05) is 16.8 Å². The monoisotopic (exact) mass is 383 g/mol. The maximum atomic E-state index is 12.8. The molecule has 1 aromatic heterocycles. The number of carbonyl (C=O) groups excluding carboxylic acids is 2. The molecule has 0 spiro atoms. The van der Waals surface area contributed by atoms with E-state index >= 15 is 0 Å². The normalized spacial score (nSPS) is 24.5. The largest absolute Gasteiger partial charge is 0.376 e. The van der Waals surface area contributed by atoms with Crippen LogP contribution in [0.3, 0.4) is 0 Å². The van der Waals surface area contributed by atoms with Crippen molar-refractivity contribution >= 4 is 23.3 Å². The van der Waals surface area contributed by atoms with Crippen molar-refractivity contribution in [3.63, 3.8) is 0 Å². The number of hydrogen-bond donors (Lipinski definition) is 2. The summed E-state index contributed by atoms with van der Waals surface area (Å²) in [6.07, 6.45) is 6.24. The van der Waals surface area contributed by atoms with E-state index in [1.807, 2.05) is 37.3 Å². The van der Waals surface area contributed by atoms with Crippen LogP contribution < -0.4 is 15.5 Å². The van der Waals surface area contributed by atoms with Crippen LogP contribution in [-0.2, 0) is 16.1 Å². The van der Waals surface area contributed by atoms with Gasteiger partial charge in [-0.05, 0) is 38.3 Å². The lowest BCUT2D eigenvalue weighted by atomic mass is 10.2. The average molecular weight is 383 g/mol. The molecule has 2 fully saturated rings. The van der Waals surface area contributed by atoms with Crippen molar-refractivity contribution in [3.05, 3.63) is 42.7 Å². The van der Waals surface area contributed by atoms with Gasteiger partial charge in [0.1, 0.15) is 6.04 Å². The zero-order chi connectivity index (χ0) is 19.5. The zero-order valence-electron chi connectivity index (χ0n) is 15.9. The first-order valence-electron chi connectivity index (χ1n) is 9.70. The fraction of sp³-hybridized carbons (Fsp3) is 0.450. The highest BCUT2D eigenvalue weighted by molar-refractivity contribution is 6.03. The van der Waals surface area contributed by atoms with Gasteiger partial charge in [0.05, 0.1) is 24.5 Å². The predicted octanol–water partition coefficient (Wildman–Crippen LogP) is 2.38. The standard InChI is InChI=1S/C20H25N5O3/c1-14-10-18(19(26)25(14)16-6-3-2-4-7-16)23-20(27)22-15-11-21-24(12-15)13-17-8-5-9-28-17/h2-4,6-7,11-12,14,17-18H,5,8-10,13H2,1H3,(H2,22,23,27). The van der Waals surface area contributed by atoms with Crippen molar-refractivity contribution in [1.82, 2.24) is 15.1 Å². The highest BCUT2D eigenvalue weighted by Crippen LogP contribution is 2.26. The molecule has 0 radical (unpaired) electrons. The van der Waals surface area contributed by atoms with Crippen LogP contribution in [0.2, 0.25) is 0 Å². The first kappa shape index (κ1) is 18.5. The molecule has 4 rings (SSSR count). The molecule has 2 aliphatic heterocycles. The van der Waals surface area contributed by atoms with Crippen LogP contribution in [0.5, 0.6) is 0 Å². The van der Waals surface area contributed by atoms with Gasteiger partial charge in [-0.3, -0.25) is 9.48 Å². The number of nitrogens with one attached hydrogen (secondary N) is 2. The Morgan fingerprint density at radius 3 is 2.89 bits per heavy atom. The van der Waals surface area contributed by atoms with E-state index in [2.05, 4.69) is 15.7 Å². The molecule has 8 nitrogen and oxygen atoms in total. The summed E-state index contributed by atoms with van der Waals surface area (Å²) in [5, 5.41) is 9.81. The number of ether oxygens (including phenoxy) is 1. The molecule has 0 bridgehead atoms. The molecular weight excluding hydrogens is 358 g/mol. The number of para-hydroxylation sites is 1. The Labute approximate surface area is 163 Å². The lowest BCUT2D eigenvalue weighted by Crippen LogP contribution is -2.43. The molecule has 2 saturated heterocycles. The summed E-state index contributed by atoms with van der Waals surface area (Å²) in [6.45, 7) is 3.46. The van der Waals surface area contributed by atoms with Crippen LogP contribution >= 0.6 is 0 Å². The highest BCUT2D eigenvalue weighted by Gasteiger charge is 2.38. The molecule has 3 unspecified atom stereocenters. The minimum atomic E-state index is -0.544. The fourth-order valence-corrected chi connectivity index (χ4v) is 3.87. The molecule has 28 heavy (non-hydrogen) atoms. The van der Waals surface area contributed by atoms with Gasteiger partial charge in [0, 0.05) is 24.5 Å². The fourth-order valence-electron chi connectivity index (χ4n) is 3.87. The van der Waals surface area contributed by atoms with Crippen LogP contribution in [0.25, 0.3) is 0 Å². The average Bonchev–Trinajstić information content (AvgIpc) is 3.39. The topological polar surface area (TPSA) is 88.5 Å². The van der Waals surface area contributed by atoms with Gasteiger partial charge >= 0.3 is 6.03 Å². The number of rotatable bonds is 5. The smallest absolute Gasteiger partial charge is 0.319 e. The number of hydrogen-bond acceptors (Lipinski definition) is 4. The Hall–Kier alpha value is -2.87. The summed E-state index contributed by atoms with van der Waals surface area (Å²) in [4.78, 5) is 26.9. The van der Waals surface area contributed by atoms with E-state index in [1.54, 1.807) is 22.0 Å². The Kier molecular flexibility index (Phi) is 5.29. The lowest BCUT2D eigenvalue weighted by molar-refractivity contribution is -0.118. The van der Waals surface area contributed by atoms with E-state index in [0.29, 0.717) is 18.7 Å². The number of benzene rings is 1. The minimum absolute atomic E-state index is 0.0226. The predicted molar refractivity (Wildman–Crippen MR) is 105 cm³/mol. The van der Waals surface area contributed by atoms with E-state index in [1.165, 1.54) is 0 Å². The van der Waals surface area contributed by atoms with Crippen molar-refractivity contribution in [1.29, 1.82) is 0 Å². The molecule has 2 N–H and O–H groups in total. The van der Waals surface area contributed by atoms with Gasteiger partial charge in [0.15, 0.2) is 0 Å². The second kappa shape index (κ2) is 8.02. The third-order valence-electron chi connectivity index (χ3n) is 5.20. The van der Waals surface area contributed by atoms with E-state index in [9.17, 15) is 9.59 Å². The SMILES string of the molecule is CC1CC(NC(=O)Nc2cnn(CC3CCCO3)c2)C(=O)N1c1ccccc1. The number of amides is 3. The molecule has 3 heterocycles. The molecule has 1 aromatic carbocycles. The molecule has 2 aliphatic rings. The van der Waals surface area contributed by atoms with E-state index in [-0.39, 0.29) is 18.1 Å². The van der Waals surface area contributed by atoms with Crippen LogP contribution in [0.15, 0.2) is 42.7 Å². The Bertz CT molecular complexity index is 831. The third kappa shape index (κ3) is 4.01. The van der Waals surface area contributed by atoms with Gasteiger partial charge in [0.2, 0.25) is 5.91 Å². The van der Waals surface area contributed by atoms with Crippen LogP contribution in [0, 0.1) is 0 Å². The van der Waals surface area contributed by atoms with E-state index in [4.69, 9.17) is 4.74 Å². The summed E-state index contributed by atoms with van der Waals surface area (Å²) < 4.78 is 7.37. The maximum absolute atomic E-state index is 12.8. The van der Waals surface area contributed by atoms with E-state index < -0.39 is 12.1 Å². The molecule has 3 amide bonds. The van der Waals surface area contributed by atoms with Crippen LogP contribution in [0.1, 0.15) is 26.2 Å². The first-order valence-corrected chi connectivity index (χ1v) is 9.70. The minimum Gasteiger partial charge on any atom is -0.376 e. The summed E-state index contributed by atoms with van der Waals surface area (Å²) in [5.74, 6) is -0.0945. The maximum Gasteiger partial charge on any atom is 0.319 e. The van der Waals surface area contributed by atoms with Crippen molar-refractivity contribution in [2.24, 2.45) is 0 Å².